The van der Waals surface area contributed by atoms with Crippen molar-refractivity contribution in [1.82, 2.24) is 4.90 Å². The molecule has 1 saturated heterocycles. The first-order chi connectivity index (χ1) is 13.5. The van der Waals surface area contributed by atoms with Gasteiger partial charge in [-0.25, -0.2) is 4.39 Å². The summed E-state index contributed by atoms with van der Waals surface area (Å²) in [6.07, 6.45) is 1.21. The van der Waals surface area contributed by atoms with Crippen LogP contribution in [0.4, 0.5) is 10.1 Å². The molecule has 0 aliphatic carbocycles. The number of carbonyl (C=O) groups excluding carboxylic acids is 2. The van der Waals surface area contributed by atoms with E-state index < -0.39 is 0 Å². The normalized spacial score (nSPS) is 17.0. The molecule has 0 saturated carbocycles. The Morgan fingerprint density at radius 1 is 1.07 bits per heavy atom. The van der Waals surface area contributed by atoms with E-state index in [1.54, 1.807) is 17.0 Å². The summed E-state index contributed by atoms with van der Waals surface area (Å²) in [6, 6.07) is 15.0. The zero-order valence-electron chi connectivity index (χ0n) is 16.0. The van der Waals surface area contributed by atoms with E-state index in [0.717, 1.165) is 5.56 Å². The Bertz CT molecular complexity index is 802. The van der Waals surface area contributed by atoms with E-state index >= 15 is 0 Å². The lowest BCUT2D eigenvalue weighted by atomic mass is 9.91. The van der Waals surface area contributed by atoms with Gasteiger partial charge in [0.05, 0.1) is 5.92 Å². The molecule has 0 bridgehead atoms. The third-order valence-electron chi connectivity index (χ3n) is 5.40. The molecule has 6 heteroatoms. The third-order valence-corrected chi connectivity index (χ3v) is 5.40. The van der Waals surface area contributed by atoms with Crippen molar-refractivity contribution < 1.29 is 14.0 Å². The third kappa shape index (κ3) is 4.75. The van der Waals surface area contributed by atoms with E-state index in [1.807, 2.05) is 37.3 Å². The highest BCUT2D eigenvalue weighted by Crippen LogP contribution is 2.25. The summed E-state index contributed by atoms with van der Waals surface area (Å²) in [5.74, 6) is -0.895. The summed E-state index contributed by atoms with van der Waals surface area (Å²) >= 11 is 0. The number of piperidine rings is 1. The summed E-state index contributed by atoms with van der Waals surface area (Å²) in [5, 5.41) is 2.82. The fourth-order valence-corrected chi connectivity index (χ4v) is 3.55. The van der Waals surface area contributed by atoms with Crippen molar-refractivity contribution >= 4 is 17.5 Å². The lowest BCUT2D eigenvalue weighted by Crippen LogP contribution is -2.45. The number of nitrogens with two attached hydrogens (primary N) is 1. The van der Waals surface area contributed by atoms with Crippen LogP contribution >= 0.6 is 0 Å². The van der Waals surface area contributed by atoms with Crippen LogP contribution in [0.25, 0.3) is 0 Å². The summed E-state index contributed by atoms with van der Waals surface area (Å²) in [5.41, 5.74) is 7.80. The van der Waals surface area contributed by atoms with Gasteiger partial charge in [0.1, 0.15) is 5.82 Å². The molecular weight excluding hydrogens is 357 g/mol. The van der Waals surface area contributed by atoms with Gasteiger partial charge >= 0.3 is 0 Å². The van der Waals surface area contributed by atoms with Crippen LogP contribution in [0.2, 0.25) is 0 Å². The van der Waals surface area contributed by atoms with Gasteiger partial charge < -0.3 is 16.0 Å². The largest absolute Gasteiger partial charge is 0.342 e. The van der Waals surface area contributed by atoms with E-state index in [1.165, 1.54) is 12.1 Å². The Labute approximate surface area is 164 Å². The predicted molar refractivity (Wildman–Crippen MR) is 107 cm³/mol. The van der Waals surface area contributed by atoms with Crippen LogP contribution in [-0.4, -0.2) is 29.8 Å². The molecule has 3 rings (SSSR count). The van der Waals surface area contributed by atoms with Crippen LogP contribution in [0.3, 0.4) is 0 Å². The molecule has 0 aromatic heterocycles. The Morgan fingerprint density at radius 3 is 2.29 bits per heavy atom. The van der Waals surface area contributed by atoms with Gasteiger partial charge in [-0.3, -0.25) is 9.59 Å². The van der Waals surface area contributed by atoms with Crippen LogP contribution in [0.15, 0.2) is 54.6 Å². The van der Waals surface area contributed by atoms with Gasteiger partial charge in [-0.1, -0.05) is 37.3 Å². The maximum Gasteiger partial charge on any atom is 0.227 e. The molecule has 148 valence electrons. The van der Waals surface area contributed by atoms with Crippen molar-refractivity contribution in [2.24, 2.45) is 17.6 Å². The van der Waals surface area contributed by atoms with E-state index in [2.05, 4.69) is 5.32 Å². The minimum absolute atomic E-state index is 0.0220. The number of carbonyl (C=O) groups is 2. The van der Waals surface area contributed by atoms with Crippen molar-refractivity contribution in [3.63, 3.8) is 0 Å². The van der Waals surface area contributed by atoms with Gasteiger partial charge in [-0.15, -0.1) is 0 Å². The standard InChI is InChI=1S/C22H26FN3O2/c1-15(20(24)16-5-3-2-4-6-16)22(28)26-13-11-17(12-14-26)21(27)25-19-9-7-18(23)8-10-19/h2-10,15,17,20H,11-14,24H2,1H3,(H,25,27). The second-order valence-corrected chi connectivity index (χ2v) is 7.32. The molecular formula is C22H26FN3O2. The van der Waals surface area contributed by atoms with Crippen molar-refractivity contribution in [1.29, 1.82) is 0 Å². The fourth-order valence-electron chi connectivity index (χ4n) is 3.55. The number of nitrogens with zero attached hydrogens (tertiary/aromatic N) is 1. The van der Waals surface area contributed by atoms with Gasteiger partial charge in [0.25, 0.3) is 0 Å². The summed E-state index contributed by atoms with van der Waals surface area (Å²) in [6.45, 7) is 2.92. The first-order valence-corrected chi connectivity index (χ1v) is 9.61. The lowest BCUT2D eigenvalue weighted by Gasteiger charge is -2.34. The van der Waals surface area contributed by atoms with E-state index in [0.29, 0.717) is 31.6 Å². The van der Waals surface area contributed by atoms with E-state index in [9.17, 15) is 14.0 Å². The molecule has 2 atom stereocenters. The average molecular weight is 383 g/mol. The quantitative estimate of drug-likeness (QED) is 0.831. The minimum Gasteiger partial charge on any atom is -0.342 e. The molecule has 0 radical (unpaired) electrons. The van der Waals surface area contributed by atoms with Gasteiger partial charge in [0.2, 0.25) is 11.8 Å². The van der Waals surface area contributed by atoms with Crippen LogP contribution < -0.4 is 11.1 Å². The lowest BCUT2D eigenvalue weighted by molar-refractivity contribution is -0.138. The van der Waals surface area contributed by atoms with Crippen molar-refractivity contribution in [3.8, 4) is 0 Å². The van der Waals surface area contributed by atoms with Gasteiger partial charge in [0.15, 0.2) is 0 Å². The van der Waals surface area contributed by atoms with E-state index in [-0.39, 0.29) is 35.5 Å². The van der Waals surface area contributed by atoms with Crippen LogP contribution in [0.1, 0.15) is 31.4 Å². The zero-order valence-corrected chi connectivity index (χ0v) is 16.0. The molecule has 1 fully saturated rings. The summed E-state index contributed by atoms with van der Waals surface area (Å²) in [7, 11) is 0. The Balaban J connectivity index is 1.52. The first kappa shape index (κ1) is 20.0. The monoisotopic (exact) mass is 383 g/mol. The second-order valence-electron chi connectivity index (χ2n) is 7.32. The molecule has 2 amide bonds. The maximum absolute atomic E-state index is 13.0. The Hall–Kier alpha value is -2.73. The highest BCUT2D eigenvalue weighted by molar-refractivity contribution is 5.92. The molecule has 1 heterocycles. The number of hydrogen-bond acceptors (Lipinski definition) is 3. The maximum atomic E-state index is 13.0. The summed E-state index contributed by atoms with van der Waals surface area (Å²) < 4.78 is 13.0. The molecule has 2 unspecified atom stereocenters. The number of amides is 2. The molecule has 2 aromatic rings. The number of halogens is 1. The second kappa shape index (κ2) is 8.97. The number of anilines is 1. The average Bonchev–Trinajstić information content (AvgIpc) is 2.74. The fraction of sp³-hybridized carbons (Fsp3) is 0.364. The molecule has 3 N–H and O–H groups in total. The molecule has 1 aliphatic heterocycles. The van der Waals surface area contributed by atoms with Crippen LogP contribution in [-0.2, 0) is 9.59 Å². The van der Waals surface area contributed by atoms with Crippen LogP contribution in [0, 0.1) is 17.7 Å². The molecule has 0 spiro atoms. The van der Waals surface area contributed by atoms with Crippen molar-refractivity contribution in [2.75, 3.05) is 18.4 Å². The number of benzene rings is 2. The minimum atomic E-state index is -0.354. The van der Waals surface area contributed by atoms with Crippen molar-refractivity contribution in [2.45, 2.75) is 25.8 Å². The van der Waals surface area contributed by atoms with Crippen LogP contribution in [0.5, 0.6) is 0 Å². The summed E-state index contributed by atoms with van der Waals surface area (Å²) in [4.78, 5) is 27.1. The highest BCUT2D eigenvalue weighted by Gasteiger charge is 2.31. The number of nitrogens with one attached hydrogen (secondary N) is 1. The molecule has 1 aliphatic rings. The van der Waals surface area contributed by atoms with E-state index in [4.69, 9.17) is 5.73 Å². The Kier molecular flexibility index (Phi) is 6.41. The van der Waals surface area contributed by atoms with Gasteiger partial charge in [-0.05, 0) is 42.7 Å². The predicted octanol–water partition coefficient (Wildman–Crippen LogP) is 3.34. The van der Waals surface area contributed by atoms with Gasteiger partial charge in [0, 0.05) is 30.7 Å². The highest BCUT2D eigenvalue weighted by atomic mass is 19.1. The Morgan fingerprint density at radius 2 is 1.68 bits per heavy atom. The first-order valence-electron chi connectivity index (χ1n) is 9.61. The zero-order chi connectivity index (χ0) is 20.1. The molecule has 28 heavy (non-hydrogen) atoms. The molecule has 5 nitrogen and oxygen atoms in total. The number of rotatable bonds is 5. The van der Waals surface area contributed by atoms with Gasteiger partial charge in [-0.2, -0.15) is 0 Å². The number of likely N-dealkylation sites (tertiary alicyclic amines) is 1. The number of hydrogen-bond donors (Lipinski definition) is 2. The van der Waals surface area contributed by atoms with Crippen molar-refractivity contribution in [3.05, 3.63) is 66.0 Å². The SMILES string of the molecule is CC(C(=O)N1CCC(C(=O)Nc2ccc(F)cc2)CC1)C(N)c1ccccc1. The smallest absolute Gasteiger partial charge is 0.227 e. The topological polar surface area (TPSA) is 75.4 Å². The molecule has 2 aromatic carbocycles.